The minimum absolute atomic E-state index is 0.125. The number of piperazine rings is 1. The number of nitrogens with zero attached hydrogens (tertiary/aromatic N) is 2. The van der Waals surface area contributed by atoms with Crippen molar-refractivity contribution in [3.05, 3.63) is 0 Å². The first-order chi connectivity index (χ1) is 8.21. The second-order valence-electron chi connectivity index (χ2n) is 4.24. The smallest absolute Gasteiger partial charge is 0.403 e. The predicted molar refractivity (Wildman–Crippen MR) is 55.9 cm³/mol. The molecule has 1 rings (SSSR count). The fraction of sp³-hybridized carbons (Fsp3) is 0.800. The monoisotopic (exact) mass is 268 g/mol. The van der Waals surface area contributed by atoms with E-state index in [1.807, 2.05) is 0 Å². The van der Waals surface area contributed by atoms with Gasteiger partial charge in [0.1, 0.15) is 0 Å². The molecule has 0 aromatic carbocycles. The van der Waals surface area contributed by atoms with Gasteiger partial charge in [0.2, 0.25) is 5.91 Å². The third-order valence-electron chi connectivity index (χ3n) is 2.95. The maximum atomic E-state index is 12.5. The van der Waals surface area contributed by atoms with Gasteiger partial charge in [0.15, 0.2) is 5.92 Å². The molecule has 0 aromatic heterocycles. The lowest BCUT2D eigenvalue weighted by Crippen LogP contribution is -2.51. The number of aliphatic carboxylic acids is 1. The van der Waals surface area contributed by atoms with Crippen LogP contribution in [0, 0.1) is 5.92 Å². The number of rotatable bonds is 3. The van der Waals surface area contributed by atoms with Gasteiger partial charge in [0.25, 0.3) is 0 Å². The molecule has 1 atom stereocenters. The van der Waals surface area contributed by atoms with E-state index in [4.69, 9.17) is 5.11 Å². The van der Waals surface area contributed by atoms with Crippen molar-refractivity contribution in [3.8, 4) is 0 Å². The number of alkyl halides is 3. The number of amides is 1. The Balaban J connectivity index is 2.53. The van der Waals surface area contributed by atoms with E-state index in [9.17, 15) is 22.8 Å². The molecule has 0 spiro atoms. The first kappa shape index (κ1) is 14.7. The molecule has 1 saturated heterocycles. The van der Waals surface area contributed by atoms with E-state index >= 15 is 0 Å². The highest BCUT2D eigenvalue weighted by atomic mass is 19.4. The second-order valence-corrected chi connectivity index (χ2v) is 4.24. The van der Waals surface area contributed by atoms with Crippen LogP contribution in [0.15, 0.2) is 0 Å². The normalized spacial score (nSPS) is 19.7. The number of carbonyl (C=O) groups excluding carboxylic acids is 1. The van der Waals surface area contributed by atoms with Crippen LogP contribution in [0.5, 0.6) is 0 Å². The summed E-state index contributed by atoms with van der Waals surface area (Å²) in [6.45, 7) is 2.02. The van der Waals surface area contributed by atoms with Gasteiger partial charge in [-0.2, -0.15) is 13.2 Å². The molecule has 1 aliphatic heterocycles. The number of hydrogen-bond acceptors (Lipinski definition) is 3. The molecule has 0 aromatic rings. The lowest BCUT2D eigenvalue weighted by atomic mass is 10.1. The number of carbonyl (C=O) groups is 2. The standard InChI is InChI=1S/C10H15F3N2O3/c1-7(16)15-4-2-14(3-5-15)6-8(9(17)18)10(11,12)13/h8H,2-6H2,1H3,(H,17,18). The first-order valence-corrected chi connectivity index (χ1v) is 5.49. The average molecular weight is 268 g/mol. The molecule has 1 fully saturated rings. The largest absolute Gasteiger partial charge is 0.481 e. The Morgan fingerprint density at radius 2 is 1.72 bits per heavy atom. The number of carboxylic acid groups (broad SMARTS) is 1. The summed E-state index contributed by atoms with van der Waals surface area (Å²) in [4.78, 5) is 24.6. The Labute approximate surface area is 102 Å². The number of halogens is 3. The van der Waals surface area contributed by atoms with Crippen molar-refractivity contribution < 1.29 is 27.9 Å². The molecule has 8 heteroatoms. The highest BCUT2D eigenvalue weighted by molar-refractivity contribution is 5.73. The van der Waals surface area contributed by atoms with Crippen molar-refractivity contribution in [1.82, 2.24) is 9.80 Å². The zero-order valence-electron chi connectivity index (χ0n) is 9.90. The van der Waals surface area contributed by atoms with Crippen LogP contribution >= 0.6 is 0 Å². The Bertz CT molecular complexity index is 325. The van der Waals surface area contributed by atoms with Gasteiger partial charge in [-0.05, 0) is 0 Å². The van der Waals surface area contributed by atoms with E-state index in [0.29, 0.717) is 13.1 Å². The molecular weight excluding hydrogens is 253 g/mol. The molecule has 5 nitrogen and oxygen atoms in total. The third-order valence-corrected chi connectivity index (χ3v) is 2.95. The van der Waals surface area contributed by atoms with Gasteiger partial charge in [0.05, 0.1) is 0 Å². The molecule has 0 saturated carbocycles. The SMILES string of the molecule is CC(=O)N1CCN(CC(C(=O)O)C(F)(F)F)CC1. The van der Waals surface area contributed by atoms with Crippen molar-refractivity contribution in [3.63, 3.8) is 0 Å². The van der Waals surface area contributed by atoms with Gasteiger partial charge in [-0.3, -0.25) is 14.5 Å². The second kappa shape index (κ2) is 5.55. The summed E-state index contributed by atoms with van der Waals surface area (Å²) in [5, 5.41) is 8.57. The molecule has 1 heterocycles. The van der Waals surface area contributed by atoms with E-state index in [1.165, 1.54) is 16.7 Å². The van der Waals surface area contributed by atoms with Crippen LogP contribution in [-0.4, -0.2) is 65.7 Å². The highest BCUT2D eigenvalue weighted by Gasteiger charge is 2.46. The van der Waals surface area contributed by atoms with Gasteiger partial charge in [-0.1, -0.05) is 0 Å². The molecule has 0 bridgehead atoms. The Morgan fingerprint density at radius 3 is 2.06 bits per heavy atom. The summed E-state index contributed by atoms with van der Waals surface area (Å²) in [6, 6.07) is 0. The van der Waals surface area contributed by atoms with Crippen LogP contribution in [0.3, 0.4) is 0 Å². The van der Waals surface area contributed by atoms with E-state index in [1.54, 1.807) is 0 Å². The van der Waals surface area contributed by atoms with E-state index < -0.39 is 24.6 Å². The van der Waals surface area contributed by atoms with Gasteiger partial charge < -0.3 is 10.0 Å². The van der Waals surface area contributed by atoms with Crippen molar-refractivity contribution >= 4 is 11.9 Å². The minimum Gasteiger partial charge on any atom is -0.481 e. The Morgan fingerprint density at radius 1 is 1.22 bits per heavy atom. The molecule has 0 aliphatic carbocycles. The zero-order chi connectivity index (χ0) is 13.9. The molecule has 1 aliphatic rings. The maximum absolute atomic E-state index is 12.5. The first-order valence-electron chi connectivity index (χ1n) is 5.49. The molecule has 0 radical (unpaired) electrons. The van der Waals surface area contributed by atoms with E-state index in [2.05, 4.69) is 0 Å². The molecule has 1 N–H and O–H groups in total. The van der Waals surface area contributed by atoms with Crippen LogP contribution in [-0.2, 0) is 9.59 Å². The van der Waals surface area contributed by atoms with Gasteiger partial charge >= 0.3 is 12.1 Å². The summed E-state index contributed by atoms with van der Waals surface area (Å²) >= 11 is 0. The van der Waals surface area contributed by atoms with Gasteiger partial charge in [-0.15, -0.1) is 0 Å². The predicted octanol–water partition coefficient (Wildman–Crippen LogP) is 0.414. The number of hydrogen-bond donors (Lipinski definition) is 1. The van der Waals surface area contributed by atoms with Gasteiger partial charge in [0, 0.05) is 39.6 Å². The third kappa shape index (κ3) is 3.86. The minimum atomic E-state index is -4.75. The molecule has 1 amide bonds. The van der Waals surface area contributed by atoms with Crippen LogP contribution < -0.4 is 0 Å². The topological polar surface area (TPSA) is 60.9 Å². The maximum Gasteiger partial charge on any atom is 0.403 e. The van der Waals surface area contributed by atoms with Crippen LogP contribution in [0.1, 0.15) is 6.92 Å². The molecular formula is C10H15F3N2O3. The fourth-order valence-corrected chi connectivity index (χ4v) is 1.83. The van der Waals surface area contributed by atoms with Gasteiger partial charge in [-0.25, -0.2) is 0 Å². The van der Waals surface area contributed by atoms with Crippen molar-refractivity contribution in [1.29, 1.82) is 0 Å². The summed E-state index contributed by atoms with van der Waals surface area (Å²) < 4.78 is 37.4. The Kier molecular flexibility index (Phi) is 4.55. The van der Waals surface area contributed by atoms with Crippen molar-refractivity contribution in [2.45, 2.75) is 13.1 Å². The summed E-state index contributed by atoms with van der Waals surface area (Å²) in [5.41, 5.74) is 0. The van der Waals surface area contributed by atoms with Crippen LogP contribution in [0.4, 0.5) is 13.2 Å². The summed E-state index contributed by atoms with van der Waals surface area (Å²) in [6.07, 6.45) is -4.75. The van der Waals surface area contributed by atoms with E-state index in [-0.39, 0.29) is 19.0 Å². The average Bonchev–Trinajstić information content (AvgIpc) is 2.24. The molecule has 18 heavy (non-hydrogen) atoms. The quantitative estimate of drug-likeness (QED) is 0.805. The fourth-order valence-electron chi connectivity index (χ4n) is 1.83. The summed E-state index contributed by atoms with van der Waals surface area (Å²) in [7, 11) is 0. The Hall–Kier alpha value is -1.31. The molecule has 1 unspecified atom stereocenters. The molecule has 104 valence electrons. The highest BCUT2D eigenvalue weighted by Crippen LogP contribution is 2.27. The number of carboxylic acids is 1. The van der Waals surface area contributed by atoms with Crippen molar-refractivity contribution in [2.75, 3.05) is 32.7 Å². The van der Waals surface area contributed by atoms with Crippen molar-refractivity contribution in [2.24, 2.45) is 5.92 Å². The summed E-state index contributed by atoms with van der Waals surface area (Å²) in [5.74, 6) is -4.36. The van der Waals surface area contributed by atoms with Crippen LogP contribution in [0.25, 0.3) is 0 Å². The lowest BCUT2D eigenvalue weighted by Gasteiger charge is -2.35. The van der Waals surface area contributed by atoms with E-state index in [0.717, 1.165) is 0 Å². The van der Waals surface area contributed by atoms with Crippen LogP contribution in [0.2, 0.25) is 0 Å². The lowest BCUT2D eigenvalue weighted by molar-refractivity contribution is -0.197. The zero-order valence-corrected chi connectivity index (χ0v) is 9.90.